The Balaban J connectivity index is 2.10. The maximum atomic E-state index is 10.4. The van der Waals surface area contributed by atoms with Gasteiger partial charge in [-0.05, 0) is 56.2 Å². The summed E-state index contributed by atoms with van der Waals surface area (Å²) in [4.78, 5) is 2.22. The summed E-state index contributed by atoms with van der Waals surface area (Å²) in [5.41, 5.74) is 2.86. The third kappa shape index (κ3) is 6.38. The summed E-state index contributed by atoms with van der Waals surface area (Å²) < 4.78 is 18.8. The van der Waals surface area contributed by atoms with E-state index in [0.717, 1.165) is 28.4 Å². The fourth-order valence-electron chi connectivity index (χ4n) is 3.84. The van der Waals surface area contributed by atoms with Gasteiger partial charge in [0.25, 0.3) is 0 Å². The molecule has 3 aromatic rings. The van der Waals surface area contributed by atoms with Crippen molar-refractivity contribution in [2.24, 2.45) is 0 Å². The first kappa shape index (κ1) is 25.7. The molecule has 0 bridgehead atoms. The zero-order chi connectivity index (χ0) is 24.7. The third-order valence-corrected chi connectivity index (χ3v) is 5.68. The normalized spacial score (nSPS) is 12.5. The van der Waals surface area contributed by atoms with Gasteiger partial charge in [-0.1, -0.05) is 32.0 Å². The van der Waals surface area contributed by atoms with Crippen molar-refractivity contribution in [2.75, 3.05) is 27.4 Å². The highest BCUT2D eigenvalue weighted by Crippen LogP contribution is 2.35. The maximum Gasteiger partial charge on any atom is 0.227 e. The average molecular weight is 468 g/mol. The molecule has 184 valence electrons. The van der Waals surface area contributed by atoms with Gasteiger partial charge in [0.05, 0.1) is 36.8 Å². The predicted octanol–water partition coefficient (Wildman–Crippen LogP) is 5.01. The summed E-state index contributed by atoms with van der Waals surface area (Å²) >= 11 is 0. The minimum atomic E-state index is -0.579. The van der Waals surface area contributed by atoms with E-state index in [1.54, 1.807) is 14.2 Å². The minimum Gasteiger partial charge on any atom is -0.497 e. The molecule has 7 heteroatoms. The van der Waals surface area contributed by atoms with Gasteiger partial charge in [-0.3, -0.25) is 4.90 Å². The van der Waals surface area contributed by atoms with Gasteiger partial charge in [0, 0.05) is 26.2 Å². The van der Waals surface area contributed by atoms with E-state index in [1.807, 2.05) is 59.3 Å². The van der Waals surface area contributed by atoms with Crippen LogP contribution in [-0.4, -0.2) is 59.3 Å². The first-order chi connectivity index (χ1) is 16.3. The second-order valence-corrected chi connectivity index (χ2v) is 8.98. The molecule has 0 unspecified atom stereocenters. The van der Waals surface area contributed by atoms with Crippen LogP contribution in [0, 0.1) is 0 Å². The Morgan fingerprint density at radius 3 is 2.18 bits per heavy atom. The number of nitrogens with zero attached hydrogens (tertiary/aromatic N) is 3. The van der Waals surface area contributed by atoms with Crippen molar-refractivity contribution < 1.29 is 19.3 Å². The molecule has 0 aliphatic carbocycles. The SMILES string of the molecule is COC[C@H](O)CN(Cc1c(C(C)C)nn(-c2ccc(OC)cc2)c1Oc1ccccc1)C(C)C. The Bertz CT molecular complexity index is 1020. The molecule has 7 nitrogen and oxygen atoms in total. The number of hydrogen-bond donors (Lipinski definition) is 1. The van der Waals surface area contributed by atoms with Gasteiger partial charge >= 0.3 is 0 Å². The monoisotopic (exact) mass is 467 g/mol. The zero-order valence-electron chi connectivity index (χ0n) is 21.1. The minimum absolute atomic E-state index is 0.186. The lowest BCUT2D eigenvalue weighted by Crippen LogP contribution is -2.39. The van der Waals surface area contributed by atoms with E-state index in [-0.39, 0.29) is 12.0 Å². The van der Waals surface area contributed by atoms with E-state index in [2.05, 4.69) is 32.6 Å². The molecule has 1 atom stereocenters. The molecule has 2 aromatic carbocycles. The molecule has 0 saturated heterocycles. The van der Waals surface area contributed by atoms with Crippen molar-refractivity contribution in [3.63, 3.8) is 0 Å². The fraction of sp³-hybridized carbons (Fsp3) is 0.444. The largest absolute Gasteiger partial charge is 0.497 e. The van der Waals surface area contributed by atoms with Crippen molar-refractivity contribution in [3.05, 3.63) is 65.9 Å². The summed E-state index contributed by atoms with van der Waals surface area (Å²) in [6, 6.07) is 17.7. The van der Waals surface area contributed by atoms with Crippen LogP contribution in [0.5, 0.6) is 17.4 Å². The number of rotatable bonds is 12. The molecule has 0 aliphatic heterocycles. The Morgan fingerprint density at radius 2 is 1.62 bits per heavy atom. The second-order valence-electron chi connectivity index (χ2n) is 8.98. The van der Waals surface area contributed by atoms with Gasteiger partial charge in [0.1, 0.15) is 11.5 Å². The summed E-state index contributed by atoms with van der Waals surface area (Å²) in [7, 11) is 3.25. The van der Waals surface area contributed by atoms with Gasteiger partial charge in [-0.15, -0.1) is 0 Å². The quantitative estimate of drug-likeness (QED) is 0.404. The molecule has 0 radical (unpaired) electrons. The van der Waals surface area contributed by atoms with Crippen molar-refractivity contribution in [2.45, 2.75) is 52.3 Å². The first-order valence-corrected chi connectivity index (χ1v) is 11.7. The highest BCUT2D eigenvalue weighted by atomic mass is 16.5. The number of benzene rings is 2. The second kappa shape index (κ2) is 12.0. The lowest BCUT2D eigenvalue weighted by molar-refractivity contribution is 0.0277. The number of methoxy groups -OCH3 is 2. The summed E-state index contributed by atoms with van der Waals surface area (Å²) in [6.45, 7) is 9.89. The van der Waals surface area contributed by atoms with Crippen LogP contribution in [0.4, 0.5) is 0 Å². The highest BCUT2D eigenvalue weighted by molar-refractivity contribution is 5.46. The lowest BCUT2D eigenvalue weighted by atomic mass is 10.0. The van der Waals surface area contributed by atoms with Gasteiger partial charge in [0.15, 0.2) is 0 Å². The third-order valence-electron chi connectivity index (χ3n) is 5.68. The van der Waals surface area contributed by atoms with Crippen LogP contribution in [0.2, 0.25) is 0 Å². The van der Waals surface area contributed by atoms with E-state index < -0.39 is 6.10 Å². The van der Waals surface area contributed by atoms with Crippen LogP contribution in [0.25, 0.3) is 5.69 Å². The smallest absolute Gasteiger partial charge is 0.227 e. The van der Waals surface area contributed by atoms with Crippen LogP contribution in [0.3, 0.4) is 0 Å². The molecule has 1 aromatic heterocycles. The number of ether oxygens (including phenoxy) is 3. The summed E-state index contributed by atoms with van der Waals surface area (Å²) in [5, 5.41) is 15.4. The molecule has 0 amide bonds. The molecule has 0 aliphatic rings. The van der Waals surface area contributed by atoms with Crippen LogP contribution < -0.4 is 9.47 Å². The van der Waals surface area contributed by atoms with E-state index in [4.69, 9.17) is 19.3 Å². The zero-order valence-corrected chi connectivity index (χ0v) is 21.1. The van der Waals surface area contributed by atoms with Crippen LogP contribution in [0.15, 0.2) is 54.6 Å². The molecule has 34 heavy (non-hydrogen) atoms. The Labute approximate surface area is 202 Å². The molecule has 1 heterocycles. The Morgan fingerprint density at radius 1 is 0.941 bits per heavy atom. The van der Waals surface area contributed by atoms with Crippen molar-refractivity contribution in [3.8, 4) is 23.1 Å². The molecule has 1 N–H and O–H groups in total. The maximum absolute atomic E-state index is 10.4. The van der Waals surface area contributed by atoms with Crippen molar-refractivity contribution in [1.29, 1.82) is 0 Å². The number of para-hydroxylation sites is 1. The molecule has 3 rings (SSSR count). The molecular formula is C27H37N3O4. The number of hydrogen-bond acceptors (Lipinski definition) is 6. The van der Waals surface area contributed by atoms with E-state index in [1.165, 1.54) is 0 Å². The molecule has 0 fully saturated rings. The number of aliphatic hydroxyl groups is 1. The topological polar surface area (TPSA) is 69.0 Å². The number of aromatic nitrogens is 2. The predicted molar refractivity (Wildman–Crippen MR) is 134 cm³/mol. The first-order valence-electron chi connectivity index (χ1n) is 11.7. The van der Waals surface area contributed by atoms with Crippen molar-refractivity contribution >= 4 is 0 Å². The Kier molecular flexibility index (Phi) is 9.10. The van der Waals surface area contributed by atoms with Gasteiger partial charge < -0.3 is 19.3 Å². The van der Waals surface area contributed by atoms with Crippen molar-refractivity contribution in [1.82, 2.24) is 14.7 Å². The lowest BCUT2D eigenvalue weighted by Gasteiger charge is -2.29. The highest BCUT2D eigenvalue weighted by Gasteiger charge is 2.26. The van der Waals surface area contributed by atoms with Crippen LogP contribution in [0.1, 0.15) is 44.9 Å². The standard InChI is InChI=1S/C27H37N3O4/c1-19(2)26-25(17-29(20(3)4)16-22(31)18-32-5)27(34-24-10-8-7-9-11-24)30(28-26)21-12-14-23(33-6)15-13-21/h7-15,19-20,22,31H,16-18H2,1-6H3/t22-/m1/s1. The average Bonchev–Trinajstić information content (AvgIpc) is 3.17. The Hall–Kier alpha value is -2.87. The van der Waals surface area contributed by atoms with E-state index in [9.17, 15) is 5.11 Å². The number of aliphatic hydroxyl groups excluding tert-OH is 1. The molecule has 0 saturated carbocycles. The van der Waals surface area contributed by atoms with E-state index >= 15 is 0 Å². The van der Waals surface area contributed by atoms with Gasteiger partial charge in [0.2, 0.25) is 5.88 Å². The van der Waals surface area contributed by atoms with Gasteiger partial charge in [-0.2, -0.15) is 5.10 Å². The van der Waals surface area contributed by atoms with E-state index in [0.29, 0.717) is 25.6 Å². The summed E-state index contributed by atoms with van der Waals surface area (Å²) in [5.74, 6) is 2.38. The molecule has 0 spiro atoms. The molecular weight excluding hydrogens is 430 g/mol. The van der Waals surface area contributed by atoms with Crippen LogP contribution in [-0.2, 0) is 11.3 Å². The summed E-state index contributed by atoms with van der Waals surface area (Å²) in [6.07, 6.45) is -0.579. The van der Waals surface area contributed by atoms with Crippen LogP contribution >= 0.6 is 0 Å². The fourth-order valence-corrected chi connectivity index (χ4v) is 3.84. The van der Waals surface area contributed by atoms with Gasteiger partial charge in [-0.25, -0.2) is 4.68 Å².